The number of aromatic amines is 1. The molecule has 1 N–H and O–H groups in total. The van der Waals surface area contributed by atoms with Crippen molar-refractivity contribution >= 4 is 10.9 Å². The first-order valence-electron chi connectivity index (χ1n) is 6.18. The lowest BCUT2D eigenvalue weighted by Gasteiger charge is -2.11. The van der Waals surface area contributed by atoms with E-state index in [0.29, 0.717) is 0 Å². The number of halogens is 2. The summed E-state index contributed by atoms with van der Waals surface area (Å²) in [5, 5.41) is 0.204. The van der Waals surface area contributed by atoms with E-state index in [0.717, 1.165) is 37.4 Å². The summed E-state index contributed by atoms with van der Waals surface area (Å²) in [7, 11) is 0. The molecule has 0 spiro atoms. The number of rotatable bonds is 1. The Labute approximate surface area is 103 Å². The SMILES string of the molecule is O=c1cc(C2CCCC2)[nH]c2c(F)c(F)ccc12. The minimum Gasteiger partial charge on any atom is -0.355 e. The van der Waals surface area contributed by atoms with Crippen molar-refractivity contribution in [3.05, 3.63) is 45.8 Å². The second kappa shape index (κ2) is 4.19. The zero-order valence-corrected chi connectivity index (χ0v) is 9.80. The van der Waals surface area contributed by atoms with E-state index in [1.54, 1.807) is 0 Å². The van der Waals surface area contributed by atoms with Gasteiger partial charge in [0.1, 0.15) is 0 Å². The van der Waals surface area contributed by atoms with E-state index in [-0.39, 0.29) is 22.2 Å². The van der Waals surface area contributed by atoms with Crippen LogP contribution in [0.1, 0.15) is 37.3 Å². The molecule has 0 unspecified atom stereocenters. The highest BCUT2D eigenvalue weighted by Crippen LogP contribution is 2.33. The minimum atomic E-state index is -0.968. The molecule has 0 aliphatic heterocycles. The second-order valence-corrected chi connectivity index (χ2v) is 4.85. The zero-order chi connectivity index (χ0) is 12.7. The third-order valence-corrected chi connectivity index (χ3v) is 3.71. The van der Waals surface area contributed by atoms with Gasteiger partial charge in [-0.3, -0.25) is 4.79 Å². The van der Waals surface area contributed by atoms with Crippen molar-refractivity contribution < 1.29 is 8.78 Å². The molecule has 0 bridgehead atoms. The van der Waals surface area contributed by atoms with E-state index in [1.807, 2.05) is 0 Å². The monoisotopic (exact) mass is 249 g/mol. The van der Waals surface area contributed by atoms with Gasteiger partial charge in [-0.2, -0.15) is 0 Å². The van der Waals surface area contributed by atoms with Gasteiger partial charge in [-0.15, -0.1) is 0 Å². The number of benzene rings is 1. The molecule has 1 aromatic carbocycles. The quantitative estimate of drug-likeness (QED) is 0.824. The Morgan fingerprint density at radius 1 is 1.17 bits per heavy atom. The van der Waals surface area contributed by atoms with Crippen LogP contribution in [0.5, 0.6) is 0 Å². The molecule has 0 atom stereocenters. The van der Waals surface area contributed by atoms with E-state index < -0.39 is 11.6 Å². The maximum Gasteiger partial charge on any atom is 0.189 e. The van der Waals surface area contributed by atoms with E-state index in [2.05, 4.69) is 4.98 Å². The van der Waals surface area contributed by atoms with E-state index >= 15 is 0 Å². The second-order valence-electron chi connectivity index (χ2n) is 4.85. The molecule has 0 saturated heterocycles. The summed E-state index contributed by atoms with van der Waals surface area (Å²) in [6.07, 6.45) is 4.24. The first kappa shape index (κ1) is 11.4. The van der Waals surface area contributed by atoms with Crippen LogP contribution in [0.25, 0.3) is 10.9 Å². The predicted octanol–water partition coefficient (Wildman–Crippen LogP) is 3.46. The highest BCUT2D eigenvalue weighted by atomic mass is 19.2. The van der Waals surface area contributed by atoms with Crippen LogP contribution in [-0.2, 0) is 0 Å². The van der Waals surface area contributed by atoms with Crippen LogP contribution in [0.4, 0.5) is 8.78 Å². The topological polar surface area (TPSA) is 32.9 Å². The first-order chi connectivity index (χ1) is 8.66. The fourth-order valence-corrected chi connectivity index (χ4v) is 2.73. The average Bonchev–Trinajstić information content (AvgIpc) is 2.88. The number of nitrogens with one attached hydrogen (secondary N) is 1. The van der Waals surface area contributed by atoms with Crippen molar-refractivity contribution in [1.29, 1.82) is 0 Å². The molecule has 94 valence electrons. The van der Waals surface area contributed by atoms with Crippen molar-refractivity contribution in [1.82, 2.24) is 4.98 Å². The standard InChI is InChI=1S/C14H13F2NO/c15-10-6-5-9-12(18)7-11(8-3-1-2-4-8)17-14(9)13(10)16/h5-8H,1-4H2,(H,17,18). The first-order valence-corrected chi connectivity index (χ1v) is 6.18. The molecule has 0 radical (unpaired) electrons. The molecule has 2 aromatic rings. The lowest BCUT2D eigenvalue weighted by atomic mass is 10.0. The molecule has 1 aromatic heterocycles. The van der Waals surface area contributed by atoms with Gasteiger partial charge in [0.2, 0.25) is 0 Å². The summed E-state index contributed by atoms with van der Waals surface area (Å²) in [6.45, 7) is 0. The summed E-state index contributed by atoms with van der Waals surface area (Å²) in [5.41, 5.74) is 0.475. The summed E-state index contributed by atoms with van der Waals surface area (Å²) in [6, 6.07) is 3.84. The molecular weight excluding hydrogens is 236 g/mol. The maximum atomic E-state index is 13.7. The molecular formula is C14H13F2NO. The Kier molecular flexibility index (Phi) is 2.65. The van der Waals surface area contributed by atoms with Crippen molar-refractivity contribution in [2.75, 3.05) is 0 Å². The molecule has 1 saturated carbocycles. The maximum absolute atomic E-state index is 13.7. The van der Waals surface area contributed by atoms with E-state index in [4.69, 9.17) is 0 Å². The normalized spacial score (nSPS) is 16.6. The smallest absolute Gasteiger partial charge is 0.189 e. The van der Waals surface area contributed by atoms with Gasteiger partial charge in [-0.05, 0) is 30.9 Å². The highest BCUT2D eigenvalue weighted by Gasteiger charge is 2.20. The Morgan fingerprint density at radius 2 is 1.89 bits per heavy atom. The number of pyridine rings is 1. The molecule has 2 nitrogen and oxygen atoms in total. The van der Waals surface area contributed by atoms with Gasteiger partial charge in [0.05, 0.1) is 5.52 Å². The molecule has 4 heteroatoms. The lowest BCUT2D eigenvalue weighted by molar-refractivity contribution is 0.514. The van der Waals surface area contributed by atoms with Crippen molar-refractivity contribution in [2.45, 2.75) is 31.6 Å². The molecule has 0 amide bonds. The highest BCUT2D eigenvalue weighted by molar-refractivity contribution is 5.79. The van der Waals surface area contributed by atoms with Crippen LogP contribution in [0.3, 0.4) is 0 Å². The van der Waals surface area contributed by atoms with Crippen LogP contribution >= 0.6 is 0 Å². The van der Waals surface area contributed by atoms with Crippen molar-refractivity contribution in [2.24, 2.45) is 0 Å². The number of hydrogen-bond acceptors (Lipinski definition) is 1. The van der Waals surface area contributed by atoms with Gasteiger partial charge in [-0.1, -0.05) is 12.8 Å². The number of hydrogen-bond donors (Lipinski definition) is 1. The van der Waals surface area contributed by atoms with Crippen LogP contribution in [0, 0.1) is 11.6 Å². The fraction of sp³-hybridized carbons (Fsp3) is 0.357. The summed E-state index contributed by atoms with van der Waals surface area (Å²) in [5.74, 6) is -1.63. The van der Waals surface area contributed by atoms with Crippen LogP contribution in [0.2, 0.25) is 0 Å². The number of H-pyrrole nitrogens is 1. The van der Waals surface area contributed by atoms with Crippen molar-refractivity contribution in [3.63, 3.8) is 0 Å². The molecule has 1 fully saturated rings. The Morgan fingerprint density at radius 3 is 2.61 bits per heavy atom. The average molecular weight is 249 g/mol. The van der Waals surface area contributed by atoms with E-state index in [9.17, 15) is 13.6 Å². The Balaban J connectivity index is 2.24. The molecule has 18 heavy (non-hydrogen) atoms. The molecule has 3 rings (SSSR count). The van der Waals surface area contributed by atoms with Gasteiger partial charge in [0.15, 0.2) is 17.1 Å². The van der Waals surface area contributed by atoms with Gasteiger partial charge < -0.3 is 4.98 Å². The largest absolute Gasteiger partial charge is 0.355 e. The van der Waals surface area contributed by atoms with Crippen LogP contribution in [-0.4, -0.2) is 4.98 Å². The number of aromatic nitrogens is 1. The van der Waals surface area contributed by atoms with Crippen molar-refractivity contribution in [3.8, 4) is 0 Å². The Bertz CT molecular complexity index is 657. The fourth-order valence-electron chi connectivity index (χ4n) is 2.73. The predicted molar refractivity (Wildman–Crippen MR) is 65.7 cm³/mol. The molecule has 1 aliphatic carbocycles. The number of fused-ring (bicyclic) bond motifs is 1. The van der Waals surface area contributed by atoms with Gasteiger partial charge in [-0.25, -0.2) is 8.78 Å². The van der Waals surface area contributed by atoms with Gasteiger partial charge >= 0.3 is 0 Å². The molecule has 1 heterocycles. The summed E-state index contributed by atoms with van der Waals surface area (Å²) >= 11 is 0. The third kappa shape index (κ3) is 1.72. The molecule has 1 aliphatic rings. The Hall–Kier alpha value is -1.71. The zero-order valence-electron chi connectivity index (χ0n) is 9.80. The van der Waals surface area contributed by atoms with Crippen LogP contribution < -0.4 is 5.43 Å². The lowest BCUT2D eigenvalue weighted by Crippen LogP contribution is -2.09. The van der Waals surface area contributed by atoms with Gasteiger partial charge in [0, 0.05) is 17.1 Å². The van der Waals surface area contributed by atoms with Gasteiger partial charge in [0.25, 0.3) is 0 Å². The third-order valence-electron chi connectivity index (χ3n) is 3.71. The summed E-state index contributed by atoms with van der Waals surface area (Å²) < 4.78 is 26.9. The minimum absolute atomic E-state index is 0.00981. The van der Waals surface area contributed by atoms with Crippen LogP contribution in [0.15, 0.2) is 23.0 Å². The van der Waals surface area contributed by atoms with E-state index in [1.165, 1.54) is 12.1 Å². The summed E-state index contributed by atoms with van der Waals surface area (Å²) in [4.78, 5) is 14.8.